The molecule has 1 amide bonds. The number of amides is 1. The number of hydrogen-bond acceptors (Lipinski definition) is 4. The van der Waals surface area contributed by atoms with Gasteiger partial charge in [0.1, 0.15) is 11.3 Å². The molecule has 0 bridgehead atoms. The Hall–Kier alpha value is -1.91. The number of phenolic OH excluding ortho intramolecular Hbond substituents is 1. The van der Waals surface area contributed by atoms with Crippen LogP contribution in [0.2, 0.25) is 0 Å². The van der Waals surface area contributed by atoms with Gasteiger partial charge in [0.15, 0.2) is 11.5 Å². The standard InChI is InChI=1S/C9H11NO4/c1-3-4(2)7(12)8(13)5(6(3)11)9(10)14/h11-13H,1-2H3,(H2,10,14). The largest absolute Gasteiger partial charge is 0.507 e. The summed E-state index contributed by atoms with van der Waals surface area (Å²) in [6.07, 6.45) is 0. The van der Waals surface area contributed by atoms with Crippen LogP contribution in [0.4, 0.5) is 0 Å². The van der Waals surface area contributed by atoms with E-state index in [1.54, 1.807) is 0 Å². The fourth-order valence-corrected chi connectivity index (χ4v) is 1.18. The minimum atomic E-state index is -0.988. The molecule has 1 rings (SSSR count). The smallest absolute Gasteiger partial charge is 0.256 e. The van der Waals surface area contributed by atoms with Gasteiger partial charge in [-0.3, -0.25) is 4.79 Å². The average molecular weight is 197 g/mol. The maximum absolute atomic E-state index is 10.8. The van der Waals surface area contributed by atoms with Crippen LogP contribution in [0.15, 0.2) is 0 Å². The second-order valence-electron chi connectivity index (χ2n) is 3.04. The lowest BCUT2D eigenvalue weighted by Gasteiger charge is -2.11. The van der Waals surface area contributed by atoms with Crippen LogP contribution in [0.3, 0.4) is 0 Å². The highest BCUT2D eigenvalue weighted by Gasteiger charge is 2.22. The van der Waals surface area contributed by atoms with Crippen molar-refractivity contribution in [2.45, 2.75) is 13.8 Å². The number of rotatable bonds is 1. The number of nitrogens with two attached hydrogens (primary N) is 1. The molecule has 5 heteroatoms. The molecule has 76 valence electrons. The lowest BCUT2D eigenvalue weighted by molar-refractivity contribution is 0.0994. The Morgan fingerprint density at radius 3 is 1.86 bits per heavy atom. The summed E-state index contributed by atoms with van der Waals surface area (Å²) in [5, 5.41) is 28.2. The van der Waals surface area contributed by atoms with Gasteiger partial charge in [0.25, 0.3) is 5.91 Å². The van der Waals surface area contributed by atoms with Gasteiger partial charge in [-0.25, -0.2) is 0 Å². The van der Waals surface area contributed by atoms with E-state index in [9.17, 15) is 20.1 Å². The van der Waals surface area contributed by atoms with Crippen LogP contribution in [0.25, 0.3) is 0 Å². The number of benzene rings is 1. The maximum atomic E-state index is 10.8. The predicted octanol–water partition coefficient (Wildman–Crippen LogP) is 0.519. The zero-order valence-corrected chi connectivity index (χ0v) is 7.83. The topological polar surface area (TPSA) is 104 Å². The first-order valence-corrected chi connectivity index (χ1v) is 3.91. The molecule has 0 saturated heterocycles. The van der Waals surface area contributed by atoms with Crippen molar-refractivity contribution in [2.75, 3.05) is 0 Å². The van der Waals surface area contributed by atoms with E-state index >= 15 is 0 Å². The first-order chi connectivity index (χ1) is 6.37. The van der Waals surface area contributed by atoms with Gasteiger partial charge in [-0.15, -0.1) is 0 Å². The minimum absolute atomic E-state index is 0.310. The van der Waals surface area contributed by atoms with Gasteiger partial charge in [0.2, 0.25) is 0 Å². The van der Waals surface area contributed by atoms with Crippen molar-refractivity contribution in [3.63, 3.8) is 0 Å². The van der Waals surface area contributed by atoms with Gasteiger partial charge in [0.05, 0.1) is 0 Å². The SMILES string of the molecule is Cc1c(C)c(O)c(C(N)=O)c(O)c1O. The third kappa shape index (κ3) is 1.22. The van der Waals surface area contributed by atoms with E-state index in [0.717, 1.165) is 0 Å². The molecule has 0 fully saturated rings. The van der Waals surface area contributed by atoms with Crippen molar-refractivity contribution >= 4 is 5.91 Å². The normalized spacial score (nSPS) is 10.1. The van der Waals surface area contributed by atoms with Gasteiger partial charge in [-0.1, -0.05) is 0 Å². The zero-order chi connectivity index (χ0) is 11.0. The van der Waals surface area contributed by atoms with Crippen molar-refractivity contribution in [3.8, 4) is 17.2 Å². The molecular weight excluding hydrogens is 186 g/mol. The fourth-order valence-electron chi connectivity index (χ4n) is 1.18. The molecule has 0 radical (unpaired) electrons. The van der Waals surface area contributed by atoms with Gasteiger partial charge < -0.3 is 21.1 Å². The van der Waals surface area contributed by atoms with Gasteiger partial charge >= 0.3 is 0 Å². The van der Waals surface area contributed by atoms with Crippen molar-refractivity contribution in [3.05, 3.63) is 16.7 Å². The maximum Gasteiger partial charge on any atom is 0.256 e. The van der Waals surface area contributed by atoms with E-state index in [1.165, 1.54) is 13.8 Å². The summed E-state index contributed by atoms with van der Waals surface area (Å²) in [7, 11) is 0. The average Bonchev–Trinajstić information content (AvgIpc) is 2.11. The molecule has 0 atom stereocenters. The molecule has 1 aromatic carbocycles. The molecule has 14 heavy (non-hydrogen) atoms. The molecule has 1 aromatic rings. The molecule has 0 saturated carbocycles. The van der Waals surface area contributed by atoms with E-state index in [0.29, 0.717) is 11.1 Å². The van der Waals surface area contributed by atoms with Gasteiger partial charge in [-0.2, -0.15) is 0 Å². The second-order valence-corrected chi connectivity index (χ2v) is 3.04. The van der Waals surface area contributed by atoms with Gasteiger partial charge in [-0.05, 0) is 19.4 Å². The number of primary amides is 1. The van der Waals surface area contributed by atoms with Crippen LogP contribution < -0.4 is 5.73 Å². The molecule has 0 spiro atoms. The Bertz CT molecular complexity index is 383. The van der Waals surface area contributed by atoms with Crippen molar-refractivity contribution in [1.29, 1.82) is 0 Å². The van der Waals surface area contributed by atoms with Crippen molar-refractivity contribution in [1.82, 2.24) is 0 Å². The second kappa shape index (κ2) is 3.10. The van der Waals surface area contributed by atoms with E-state index in [-0.39, 0.29) is 0 Å². The monoisotopic (exact) mass is 197 g/mol. The lowest BCUT2D eigenvalue weighted by atomic mass is 10.0. The minimum Gasteiger partial charge on any atom is -0.507 e. The number of carbonyl (C=O) groups is 1. The zero-order valence-electron chi connectivity index (χ0n) is 7.83. The summed E-state index contributed by atoms with van der Waals surface area (Å²) in [6, 6.07) is 0. The lowest BCUT2D eigenvalue weighted by Crippen LogP contribution is -2.12. The van der Waals surface area contributed by atoms with Gasteiger partial charge in [0, 0.05) is 5.56 Å². The van der Waals surface area contributed by atoms with Crippen LogP contribution in [0.1, 0.15) is 21.5 Å². The molecule has 0 aliphatic heterocycles. The first-order valence-electron chi connectivity index (χ1n) is 3.91. The van der Waals surface area contributed by atoms with Crippen LogP contribution in [0.5, 0.6) is 17.2 Å². The molecule has 0 aliphatic rings. The Morgan fingerprint density at radius 1 is 1.00 bits per heavy atom. The molecule has 0 heterocycles. The Balaban J connectivity index is 3.68. The van der Waals surface area contributed by atoms with E-state index in [2.05, 4.69) is 0 Å². The highest BCUT2D eigenvalue weighted by molar-refractivity contribution is 6.00. The number of hydrogen-bond donors (Lipinski definition) is 4. The van der Waals surface area contributed by atoms with Crippen LogP contribution in [0, 0.1) is 13.8 Å². The molecule has 0 aliphatic carbocycles. The molecule has 0 unspecified atom stereocenters. The Kier molecular flexibility index (Phi) is 2.25. The highest BCUT2D eigenvalue weighted by Crippen LogP contribution is 2.40. The Morgan fingerprint density at radius 2 is 1.43 bits per heavy atom. The summed E-state index contributed by atoms with van der Waals surface area (Å²) in [5.74, 6) is -2.50. The molecule has 5 nitrogen and oxygen atoms in total. The number of aromatic hydroxyl groups is 3. The number of phenols is 3. The summed E-state index contributed by atoms with van der Waals surface area (Å²) in [5.41, 5.74) is 5.10. The third-order valence-electron chi connectivity index (χ3n) is 2.22. The Labute approximate surface area is 80.4 Å². The molecule has 5 N–H and O–H groups in total. The third-order valence-corrected chi connectivity index (χ3v) is 2.22. The molecule has 0 aromatic heterocycles. The van der Waals surface area contributed by atoms with E-state index in [4.69, 9.17) is 5.73 Å². The number of carbonyl (C=O) groups excluding carboxylic acids is 1. The summed E-state index contributed by atoms with van der Waals surface area (Å²) < 4.78 is 0. The van der Waals surface area contributed by atoms with E-state index < -0.39 is 28.7 Å². The van der Waals surface area contributed by atoms with Crippen LogP contribution in [-0.4, -0.2) is 21.2 Å². The molecular formula is C9H11NO4. The van der Waals surface area contributed by atoms with Crippen molar-refractivity contribution < 1.29 is 20.1 Å². The highest BCUT2D eigenvalue weighted by atomic mass is 16.3. The fraction of sp³-hybridized carbons (Fsp3) is 0.222. The van der Waals surface area contributed by atoms with Crippen LogP contribution in [-0.2, 0) is 0 Å². The van der Waals surface area contributed by atoms with Crippen LogP contribution >= 0.6 is 0 Å². The summed E-state index contributed by atoms with van der Waals surface area (Å²) in [4.78, 5) is 10.8. The predicted molar refractivity (Wildman–Crippen MR) is 49.4 cm³/mol. The summed E-state index contributed by atoms with van der Waals surface area (Å²) in [6.45, 7) is 3.02. The van der Waals surface area contributed by atoms with Crippen molar-refractivity contribution in [2.24, 2.45) is 5.73 Å². The first kappa shape index (κ1) is 10.2. The van der Waals surface area contributed by atoms with E-state index in [1.807, 2.05) is 0 Å². The summed E-state index contributed by atoms with van der Waals surface area (Å²) >= 11 is 0. The quantitative estimate of drug-likeness (QED) is 0.389.